The normalized spacial score (nSPS) is 18.5. The third-order valence-corrected chi connectivity index (χ3v) is 4.87. The van der Waals surface area contributed by atoms with Gasteiger partial charge in [-0.05, 0) is 19.3 Å². The van der Waals surface area contributed by atoms with Crippen LogP contribution in [0.3, 0.4) is 0 Å². The van der Waals surface area contributed by atoms with Crippen LogP contribution in [0, 0.1) is 0 Å². The number of hydrogen-bond acceptors (Lipinski definition) is 9. The van der Waals surface area contributed by atoms with Crippen LogP contribution in [0.25, 0.3) is 0 Å². The summed E-state index contributed by atoms with van der Waals surface area (Å²) in [5.74, 6) is -6.67. The molecule has 1 saturated heterocycles. The molecular formula is C19H30N6O10. The lowest BCUT2D eigenvalue weighted by atomic mass is 10.1. The van der Waals surface area contributed by atoms with Crippen molar-refractivity contribution in [2.75, 3.05) is 19.6 Å². The molecule has 35 heavy (non-hydrogen) atoms. The number of aliphatic hydroxyl groups is 1. The van der Waals surface area contributed by atoms with Gasteiger partial charge in [0.15, 0.2) is 0 Å². The molecule has 0 bridgehead atoms. The van der Waals surface area contributed by atoms with E-state index in [-0.39, 0.29) is 32.2 Å². The summed E-state index contributed by atoms with van der Waals surface area (Å²) in [5.41, 5.74) is 5.10. The Balaban J connectivity index is 2.78. The summed E-state index contributed by atoms with van der Waals surface area (Å²) in [6.07, 6.45) is -2.01. The molecule has 1 heterocycles. The predicted octanol–water partition coefficient (Wildman–Crippen LogP) is -4.87. The fourth-order valence-corrected chi connectivity index (χ4v) is 3.10. The summed E-state index contributed by atoms with van der Waals surface area (Å²) >= 11 is 0. The van der Waals surface area contributed by atoms with E-state index in [1.807, 2.05) is 5.32 Å². The van der Waals surface area contributed by atoms with Crippen LogP contribution in [-0.4, -0.2) is 101 Å². The van der Waals surface area contributed by atoms with Gasteiger partial charge in [0.05, 0.1) is 18.7 Å². The molecule has 0 aromatic rings. The molecule has 0 spiro atoms. The van der Waals surface area contributed by atoms with Crippen LogP contribution >= 0.6 is 0 Å². The molecule has 0 saturated carbocycles. The number of amides is 5. The highest BCUT2D eigenvalue weighted by molar-refractivity contribution is 5.94. The highest BCUT2D eigenvalue weighted by Gasteiger charge is 2.30. The van der Waals surface area contributed by atoms with E-state index in [1.54, 1.807) is 0 Å². The fraction of sp³-hybridized carbons (Fsp3) is 0.632. The molecule has 10 N–H and O–H groups in total. The minimum atomic E-state index is -1.44. The largest absolute Gasteiger partial charge is 0.481 e. The maximum absolute atomic E-state index is 12.7. The SMILES string of the molecule is NC(=O)CC[C@H](NC(=O)CNC(=O)[C@@H]1C[C@@H](O)CN1)C(=O)N[C@@H](CCC(=O)O)C(=O)NCC(=O)O. The molecule has 196 valence electrons. The first-order valence-electron chi connectivity index (χ1n) is 10.7. The first-order valence-corrected chi connectivity index (χ1v) is 10.7. The van der Waals surface area contributed by atoms with Crippen molar-refractivity contribution in [3.05, 3.63) is 0 Å². The van der Waals surface area contributed by atoms with E-state index >= 15 is 0 Å². The summed E-state index contributed by atoms with van der Waals surface area (Å²) in [7, 11) is 0. The molecule has 5 amide bonds. The molecular weight excluding hydrogens is 472 g/mol. The highest BCUT2D eigenvalue weighted by Crippen LogP contribution is 2.06. The molecule has 0 radical (unpaired) electrons. The van der Waals surface area contributed by atoms with Gasteiger partial charge in [-0.2, -0.15) is 0 Å². The van der Waals surface area contributed by atoms with E-state index in [4.69, 9.17) is 15.9 Å². The Bertz CT molecular complexity index is 835. The molecule has 1 aliphatic heterocycles. The first-order chi connectivity index (χ1) is 16.4. The van der Waals surface area contributed by atoms with E-state index in [2.05, 4.69) is 21.3 Å². The number of nitrogens with one attached hydrogen (secondary N) is 5. The number of aliphatic carboxylic acids is 2. The quantitative estimate of drug-likeness (QED) is 0.102. The molecule has 0 unspecified atom stereocenters. The second kappa shape index (κ2) is 14.5. The monoisotopic (exact) mass is 502 g/mol. The lowest BCUT2D eigenvalue weighted by molar-refractivity contribution is -0.140. The number of hydrogen-bond donors (Lipinski definition) is 9. The van der Waals surface area contributed by atoms with Gasteiger partial charge in [-0.1, -0.05) is 0 Å². The van der Waals surface area contributed by atoms with Crippen molar-refractivity contribution in [2.24, 2.45) is 5.73 Å². The van der Waals surface area contributed by atoms with Crippen molar-refractivity contribution >= 4 is 41.5 Å². The summed E-state index contributed by atoms with van der Waals surface area (Å²) in [5, 5.41) is 38.7. The van der Waals surface area contributed by atoms with E-state index in [9.17, 15) is 38.7 Å². The zero-order valence-corrected chi connectivity index (χ0v) is 18.7. The molecule has 16 heteroatoms. The average Bonchev–Trinajstić information content (AvgIpc) is 3.21. The highest BCUT2D eigenvalue weighted by atomic mass is 16.4. The molecule has 0 aromatic heterocycles. The van der Waals surface area contributed by atoms with Gasteiger partial charge >= 0.3 is 11.9 Å². The summed E-state index contributed by atoms with van der Waals surface area (Å²) in [4.78, 5) is 82.0. The predicted molar refractivity (Wildman–Crippen MR) is 115 cm³/mol. The first kappa shape index (κ1) is 29.2. The van der Waals surface area contributed by atoms with Crippen LogP contribution in [0.5, 0.6) is 0 Å². The van der Waals surface area contributed by atoms with Crippen LogP contribution in [0.15, 0.2) is 0 Å². The maximum Gasteiger partial charge on any atom is 0.322 e. The van der Waals surface area contributed by atoms with Crippen molar-refractivity contribution < 1.29 is 48.9 Å². The number of β-amino-alcohol motifs (C(OH)–C–C–N with tert-alkyl or cyclic N) is 1. The Labute approximate surface area is 199 Å². The topological polar surface area (TPSA) is 266 Å². The molecule has 0 aromatic carbocycles. The number of aliphatic hydroxyl groups excluding tert-OH is 1. The summed E-state index contributed by atoms with van der Waals surface area (Å²) in [6.45, 7) is -1.08. The van der Waals surface area contributed by atoms with Crippen LogP contribution in [0.4, 0.5) is 0 Å². The van der Waals surface area contributed by atoms with Gasteiger partial charge in [-0.15, -0.1) is 0 Å². The van der Waals surface area contributed by atoms with Crippen LogP contribution in [-0.2, 0) is 33.6 Å². The van der Waals surface area contributed by atoms with Crippen LogP contribution < -0.4 is 32.3 Å². The number of primary amides is 1. The third kappa shape index (κ3) is 11.8. The molecule has 1 rings (SSSR count). The van der Waals surface area contributed by atoms with E-state index in [0.717, 1.165) is 0 Å². The number of carbonyl (C=O) groups is 7. The standard InChI is InChI=1S/C19H30N6O10/c20-13(27)3-1-11(24-14(28)7-22-18(34)12-5-9(26)6-21-12)19(35)25-10(2-4-15(29)30)17(33)23-8-16(31)32/h9-12,21,26H,1-8H2,(H2,20,27)(H,22,34)(H,23,33)(H,24,28)(H,25,35)(H,29,30)(H,31,32)/t9-,10+,11+,12+/m1/s1. The molecule has 0 aliphatic carbocycles. The van der Waals surface area contributed by atoms with E-state index < -0.39 is 85.2 Å². The van der Waals surface area contributed by atoms with Crippen molar-refractivity contribution in [1.82, 2.24) is 26.6 Å². The number of carboxylic acid groups (broad SMARTS) is 2. The third-order valence-electron chi connectivity index (χ3n) is 4.87. The second-order valence-electron chi connectivity index (χ2n) is 7.80. The summed E-state index contributed by atoms with van der Waals surface area (Å²) < 4.78 is 0. The van der Waals surface area contributed by atoms with Gasteiger partial charge in [0.1, 0.15) is 18.6 Å². The molecule has 16 nitrogen and oxygen atoms in total. The van der Waals surface area contributed by atoms with Gasteiger partial charge < -0.3 is 47.6 Å². The zero-order chi connectivity index (χ0) is 26.5. The summed E-state index contributed by atoms with van der Waals surface area (Å²) in [6, 6.07) is -3.51. The fourth-order valence-electron chi connectivity index (χ4n) is 3.10. The Morgan fingerprint density at radius 2 is 1.49 bits per heavy atom. The molecule has 1 fully saturated rings. The van der Waals surface area contributed by atoms with Crippen LogP contribution in [0.2, 0.25) is 0 Å². The van der Waals surface area contributed by atoms with Crippen molar-refractivity contribution in [1.29, 1.82) is 0 Å². The van der Waals surface area contributed by atoms with Crippen LogP contribution in [0.1, 0.15) is 32.1 Å². The Morgan fingerprint density at radius 1 is 0.857 bits per heavy atom. The van der Waals surface area contributed by atoms with Gasteiger partial charge in [-0.25, -0.2) is 0 Å². The second-order valence-corrected chi connectivity index (χ2v) is 7.80. The number of carbonyl (C=O) groups excluding carboxylic acids is 5. The lowest BCUT2D eigenvalue weighted by Crippen LogP contribution is -2.55. The maximum atomic E-state index is 12.7. The minimum absolute atomic E-state index is 0.165. The van der Waals surface area contributed by atoms with Crippen molar-refractivity contribution in [3.8, 4) is 0 Å². The zero-order valence-electron chi connectivity index (χ0n) is 18.7. The van der Waals surface area contributed by atoms with Crippen molar-refractivity contribution in [2.45, 2.75) is 56.3 Å². The molecule has 1 aliphatic rings. The van der Waals surface area contributed by atoms with Gasteiger partial charge in [0.2, 0.25) is 29.5 Å². The Morgan fingerprint density at radius 3 is 2.03 bits per heavy atom. The molecule has 4 atom stereocenters. The number of rotatable bonds is 15. The Kier molecular flexibility index (Phi) is 12.1. The minimum Gasteiger partial charge on any atom is -0.481 e. The van der Waals surface area contributed by atoms with E-state index in [1.165, 1.54) is 0 Å². The van der Waals surface area contributed by atoms with Gasteiger partial charge in [0, 0.05) is 19.4 Å². The van der Waals surface area contributed by atoms with Gasteiger partial charge in [0.25, 0.3) is 0 Å². The van der Waals surface area contributed by atoms with E-state index in [0.29, 0.717) is 0 Å². The Hall–Kier alpha value is -3.79. The number of nitrogens with two attached hydrogens (primary N) is 1. The smallest absolute Gasteiger partial charge is 0.322 e. The van der Waals surface area contributed by atoms with Crippen molar-refractivity contribution in [3.63, 3.8) is 0 Å². The lowest BCUT2D eigenvalue weighted by Gasteiger charge is -2.23. The van der Waals surface area contributed by atoms with Gasteiger partial charge in [-0.3, -0.25) is 33.6 Å². The number of carboxylic acids is 2. The average molecular weight is 502 g/mol.